The molecular weight excluding hydrogens is 292 g/mol. The summed E-state index contributed by atoms with van der Waals surface area (Å²) in [5.74, 6) is 0.801. The Morgan fingerprint density at radius 1 is 1.17 bits per heavy atom. The first kappa shape index (κ1) is 17.3. The van der Waals surface area contributed by atoms with E-state index in [2.05, 4.69) is 10.6 Å². The molecule has 2 amide bonds. The van der Waals surface area contributed by atoms with Crippen LogP contribution in [0.25, 0.3) is 0 Å². The van der Waals surface area contributed by atoms with Crippen molar-refractivity contribution in [2.45, 2.75) is 45.4 Å². The molecule has 23 heavy (non-hydrogen) atoms. The topological polar surface area (TPSA) is 67.4 Å². The van der Waals surface area contributed by atoms with Crippen molar-refractivity contribution in [1.29, 1.82) is 0 Å². The molecule has 1 aromatic rings. The fourth-order valence-electron chi connectivity index (χ4n) is 3.02. The Kier molecular flexibility index (Phi) is 6.44. The zero-order valence-corrected chi connectivity index (χ0v) is 14.0. The molecule has 1 fully saturated rings. The van der Waals surface area contributed by atoms with Gasteiger partial charge in [-0.15, -0.1) is 0 Å². The van der Waals surface area contributed by atoms with E-state index in [9.17, 15) is 9.59 Å². The van der Waals surface area contributed by atoms with Gasteiger partial charge in [0.05, 0.1) is 19.3 Å². The summed E-state index contributed by atoms with van der Waals surface area (Å²) in [6.07, 6.45) is 6.48. The van der Waals surface area contributed by atoms with Gasteiger partial charge in [-0.2, -0.15) is 0 Å². The number of nitrogens with one attached hydrogen (secondary N) is 2. The number of amides is 2. The lowest BCUT2D eigenvalue weighted by molar-refractivity contribution is -0.125. The summed E-state index contributed by atoms with van der Waals surface area (Å²) in [4.78, 5) is 23.9. The first-order valence-electron chi connectivity index (χ1n) is 8.29. The maximum atomic E-state index is 12.0. The van der Waals surface area contributed by atoms with Crippen LogP contribution in [0.5, 0.6) is 5.75 Å². The Labute approximate surface area is 137 Å². The molecule has 0 atom stereocenters. The van der Waals surface area contributed by atoms with Gasteiger partial charge >= 0.3 is 0 Å². The van der Waals surface area contributed by atoms with E-state index in [1.807, 2.05) is 25.1 Å². The summed E-state index contributed by atoms with van der Waals surface area (Å²) in [6.45, 7) is 1.93. The maximum absolute atomic E-state index is 12.0. The second-order valence-corrected chi connectivity index (χ2v) is 6.24. The van der Waals surface area contributed by atoms with Crippen molar-refractivity contribution in [3.05, 3.63) is 23.8 Å². The number of methoxy groups -OCH3 is 1. The van der Waals surface area contributed by atoms with Gasteiger partial charge in [0.2, 0.25) is 11.8 Å². The highest BCUT2D eigenvalue weighted by molar-refractivity contribution is 5.95. The van der Waals surface area contributed by atoms with Crippen molar-refractivity contribution in [1.82, 2.24) is 5.32 Å². The monoisotopic (exact) mass is 318 g/mol. The summed E-state index contributed by atoms with van der Waals surface area (Å²) in [6, 6.07) is 5.58. The number of hydrogen-bond donors (Lipinski definition) is 2. The van der Waals surface area contributed by atoms with Gasteiger partial charge in [-0.25, -0.2) is 0 Å². The van der Waals surface area contributed by atoms with Crippen molar-refractivity contribution in [3.8, 4) is 5.75 Å². The summed E-state index contributed by atoms with van der Waals surface area (Å²) >= 11 is 0. The third-order valence-corrected chi connectivity index (χ3v) is 4.27. The molecule has 0 aliphatic heterocycles. The number of benzene rings is 1. The first-order chi connectivity index (χ1) is 11.1. The van der Waals surface area contributed by atoms with E-state index in [0.717, 1.165) is 18.4 Å². The van der Waals surface area contributed by atoms with Gasteiger partial charge in [0, 0.05) is 6.42 Å². The zero-order chi connectivity index (χ0) is 16.7. The Morgan fingerprint density at radius 2 is 1.91 bits per heavy atom. The van der Waals surface area contributed by atoms with E-state index in [4.69, 9.17) is 4.74 Å². The molecule has 0 spiro atoms. The van der Waals surface area contributed by atoms with E-state index in [-0.39, 0.29) is 18.4 Å². The Morgan fingerprint density at radius 3 is 2.61 bits per heavy atom. The van der Waals surface area contributed by atoms with Gasteiger partial charge in [-0.1, -0.05) is 25.3 Å². The van der Waals surface area contributed by atoms with E-state index in [1.54, 1.807) is 7.11 Å². The van der Waals surface area contributed by atoms with Crippen LogP contribution in [0.15, 0.2) is 18.2 Å². The third-order valence-electron chi connectivity index (χ3n) is 4.27. The summed E-state index contributed by atoms with van der Waals surface area (Å²) < 4.78 is 5.23. The summed E-state index contributed by atoms with van der Waals surface area (Å²) in [5, 5.41) is 5.49. The number of aryl methyl sites for hydroxylation is 1. The number of carbonyl (C=O) groups excluding carboxylic acids is 2. The predicted molar refractivity (Wildman–Crippen MR) is 90.6 cm³/mol. The fourth-order valence-corrected chi connectivity index (χ4v) is 3.02. The molecule has 0 saturated heterocycles. The van der Waals surface area contributed by atoms with Crippen LogP contribution in [0.3, 0.4) is 0 Å². The van der Waals surface area contributed by atoms with E-state index >= 15 is 0 Å². The summed E-state index contributed by atoms with van der Waals surface area (Å²) in [7, 11) is 1.56. The van der Waals surface area contributed by atoms with Crippen molar-refractivity contribution < 1.29 is 14.3 Å². The molecule has 1 aliphatic carbocycles. The van der Waals surface area contributed by atoms with Crippen LogP contribution in [0.1, 0.15) is 44.1 Å². The first-order valence-corrected chi connectivity index (χ1v) is 8.29. The molecule has 1 saturated carbocycles. The Bertz CT molecular complexity index is 551. The molecule has 0 bridgehead atoms. The molecule has 126 valence electrons. The highest BCUT2D eigenvalue weighted by Crippen LogP contribution is 2.26. The lowest BCUT2D eigenvalue weighted by Gasteiger charge is -2.20. The minimum atomic E-state index is -0.245. The third kappa shape index (κ3) is 5.58. The molecule has 1 aliphatic rings. The molecule has 2 rings (SSSR count). The van der Waals surface area contributed by atoms with Crippen molar-refractivity contribution in [2.24, 2.45) is 5.92 Å². The lowest BCUT2D eigenvalue weighted by Crippen LogP contribution is -2.34. The number of anilines is 1. The average molecular weight is 318 g/mol. The van der Waals surface area contributed by atoms with Gasteiger partial charge in [-0.3, -0.25) is 9.59 Å². The molecule has 2 N–H and O–H groups in total. The number of rotatable bonds is 6. The van der Waals surface area contributed by atoms with Crippen LogP contribution >= 0.6 is 0 Å². The quantitative estimate of drug-likeness (QED) is 0.847. The van der Waals surface area contributed by atoms with E-state index in [0.29, 0.717) is 23.8 Å². The molecule has 0 radical (unpaired) electrons. The molecule has 5 heteroatoms. The Hall–Kier alpha value is -2.04. The average Bonchev–Trinajstić information content (AvgIpc) is 2.54. The highest BCUT2D eigenvalue weighted by Gasteiger charge is 2.17. The second-order valence-electron chi connectivity index (χ2n) is 6.24. The van der Waals surface area contributed by atoms with Gasteiger partial charge < -0.3 is 15.4 Å². The fraction of sp³-hybridized carbons (Fsp3) is 0.556. The standard InChI is InChI=1S/C18H26N2O3/c1-13-8-9-16(23-2)15(10-13)20-18(22)12-19-17(21)11-14-6-4-3-5-7-14/h8-10,14H,3-7,11-12H2,1-2H3,(H,19,21)(H,20,22). The van der Waals surface area contributed by atoms with E-state index in [1.165, 1.54) is 19.3 Å². The van der Waals surface area contributed by atoms with Gasteiger partial charge in [-0.05, 0) is 43.4 Å². The van der Waals surface area contributed by atoms with Crippen LogP contribution in [0, 0.1) is 12.8 Å². The normalized spacial score (nSPS) is 15.0. The zero-order valence-electron chi connectivity index (χ0n) is 14.0. The predicted octanol–water partition coefficient (Wildman–Crippen LogP) is 3.03. The van der Waals surface area contributed by atoms with Crippen LogP contribution < -0.4 is 15.4 Å². The highest BCUT2D eigenvalue weighted by atomic mass is 16.5. The van der Waals surface area contributed by atoms with E-state index < -0.39 is 0 Å². The largest absolute Gasteiger partial charge is 0.495 e. The van der Waals surface area contributed by atoms with Crippen molar-refractivity contribution >= 4 is 17.5 Å². The molecule has 0 heterocycles. The molecular formula is C18H26N2O3. The minimum absolute atomic E-state index is 0.0113. The van der Waals surface area contributed by atoms with Crippen molar-refractivity contribution in [2.75, 3.05) is 19.0 Å². The lowest BCUT2D eigenvalue weighted by atomic mass is 9.87. The van der Waals surface area contributed by atoms with Gasteiger partial charge in [0.15, 0.2) is 0 Å². The summed E-state index contributed by atoms with van der Waals surface area (Å²) in [5.41, 5.74) is 1.65. The maximum Gasteiger partial charge on any atom is 0.243 e. The molecule has 0 unspecified atom stereocenters. The smallest absolute Gasteiger partial charge is 0.243 e. The van der Waals surface area contributed by atoms with Crippen LogP contribution in [-0.2, 0) is 9.59 Å². The van der Waals surface area contributed by atoms with Crippen LogP contribution in [0.2, 0.25) is 0 Å². The number of ether oxygens (including phenoxy) is 1. The minimum Gasteiger partial charge on any atom is -0.495 e. The molecule has 1 aromatic carbocycles. The molecule has 5 nitrogen and oxygen atoms in total. The van der Waals surface area contributed by atoms with Crippen LogP contribution in [0.4, 0.5) is 5.69 Å². The number of carbonyl (C=O) groups is 2. The van der Waals surface area contributed by atoms with Gasteiger partial charge in [0.25, 0.3) is 0 Å². The van der Waals surface area contributed by atoms with Crippen molar-refractivity contribution in [3.63, 3.8) is 0 Å². The Balaban J connectivity index is 1.78. The molecule has 0 aromatic heterocycles. The van der Waals surface area contributed by atoms with Gasteiger partial charge in [0.1, 0.15) is 5.75 Å². The number of hydrogen-bond acceptors (Lipinski definition) is 3. The second kappa shape index (κ2) is 8.56. The SMILES string of the molecule is COc1ccc(C)cc1NC(=O)CNC(=O)CC1CCCCC1. The van der Waals surface area contributed by atoms with Crippen LogP contribution in [-0.4, -0.2) is 25.5 Å².